The van der Waals surface area contributed by atoms with Gasteiger partial charge in [0, 0.05) is 42.4 Å². The number of hydrogen-bond donors (Lipinski definition) is 2. The highest BCUT2D eigenvalue weighted by Gasteiger charge is 2.56. The van der Waals surface area contributed by atoms with Crippen LogP contribution < -0.4 is 11.1 Å². The number of nitrogens with one attached hydrogen (secondary N) is 1. The van der Waals surface area contributed by atoms with Crippen LogP contribution in [0.25, 0.3) is 27.9 Å². The number of fused-ring (bicyclic) bond motifs is 2. The smallest absolute Gasteiger partial charge is 0.250 e. The van der Waals surface area contributed by atoms with E-state index in [0.717, 1.165) is 66.0 Å². The topological polar surface area (TPSA) is 106 Å². The fourth-order valence-corrected chi connectivity index (χ4v) is 6.56. The van der Waals surface area contributed by atoms with Crippen molar-refractivity contribution in [3.8, 4) is 11.3 Å². The third-order valence-electron chi connectivity index (χ3n) is 8.74. The summed E-state index contributed by atoms with van der Waals surface area (Å²) in [5.74, 6) is 1.98. The van der Waals surface area contributed by atoms with Crippen LogP contribution in [0.3, 0.4) is 0 Å². The minimum absolute atomic E-state index is 0.0357. The molecule has 8 heteroatoms. The molecule has 2 amide bonds. The molecule has 6 rings (SSSR count). The Morgan fingerprint density at radius 3 is 2.55 bits per heavy atom. The second-order valence-corrected chi connectivity index (χ2v) is 11.1. The van der Waals surface area contributed by atoms with Crippen molar-refractivity contribution in [2.75, 3.05) is 17.6 Å². The van der Waals surface area contributed by atoms with Crippen molar-refractivity contribution in [3.05, 3.63) is 54.4 Å². The zero-order chi connectivity index (χ0) is 26.7. The molecule has 3 aliphatic rings. The van der Waals surface area contributed by atoms with Crippen molar-refractivity contribution >= 4 is 39.9 Å². The summed E-state index contributed by atoms with van der Waals surface area (Å²) in [5.41, 5.74) is 12.5. The van der Waals surface area contributed by atoms with Gasteiger partial charge in [0.1, 0.15) is 17.8 Å². The van der Waals surface area contributed by atoms with Gasteiger partial charge < -0.3 is 20.5 Å². The van der Waals surface area contributed by atoms with Crippen LogP contribution in [0.5, 0.6) is 0 Å². The highest BCUT2D eigenvalue weighted by molar-refractivity contribution is 6.05. The molecule has 3 aromatic rings. The molecule has 0 bridgehead atoms. The van der Waals surface area contributed by atoms with Gasteiger partial charge in [0.05, 0.1) is 11.1 Å². The number of allylic oxidation sites excluding steroid dienone is 2. The predicted octanol–water partition coefficient (Wildman–Crippen LogP) is 4.78. The van der Waals surface area contributed by atoms with Crippen LogP contribution in [0.15, 0.2) is 48.8 Å². The number of carbonyl (C=O) groups is 2. The van der Waals surface area contributed by atoms with Crippen molar-refractivity contribution in [2.45, 2.75) is 45.6 Å². The van der Waals surface area contributed by atoms with Crippen LogP contribution in [0, 0.1) is 17.8 Å². The number of piperidine rings is 1. The van der Waals surface area contributed by atoms with Gasteiger partial charge in [-0.3, -0.25) is 9.59 Å². The standard InChI is InChI=1S/C30H34N6O2/c1-16(2)29(37)34-21-11-9-19(10-12-21)26-23(24-27(31)32-15-33-28(24)35(26)4)18-5-7-20(8-6-18)30(38)36-14-13-22-17(3)25(22)36/h5,9-12,15,17,20,22,25H,1,6-8,13-14H2,2-4H3,(H,34,37)(H2,31,32,33)/t17-,20+,22+,25-/m0/s1. The van der Waals surface area contributed by atoms with Crippen LogP contribution >= 0.6 is 0 Å². The summed E-state index contributed by atoms with van der Waals surface area (Å²) in [4.78, 5) is 36.4. The molecule has 38 heavy (non-hydrogen) atoms. The lowest BCUT2D eigenvalue weighted by Gasteiger charge is -2.28. The Labute approximate surface area is 222 Å². The Morgan fingerprint density at radius 2 is 1.92 bits per heavy atom. The highest BCUT2D eigenvalue weighted by Crippen LogP contribution is 2.51. The number of nitrogen functional groups attached to an aromatic ring is 1. The lowest BCUT2D eigenvalue weighted by molar-refractivity contribution is -0.135. The first-order valence-corrected chi connectivity index (χ1v) is 13.4. The third kappa shape index (κ3) is 3.90. The van der Waals surface area contributed by atoms with Crippen molar-refractivity contribution < 1.29 is 9.59 Å². The van der Waals surface area contributed by atoms with Gasteiger partial charge >= 0.3 is 0 Å². The quantitative estimate of drug-likeness (QED) is 0.481. The molecule has 3 heterocycles. The maximum absolute atomic E-state index is 13.4. The van der Waals surface area contributed by atoms with Gasteiger partial charge in [-0.25, -0.2) is 9.97 Å². The Balaban J connectivity index is 1.34. The summed E-state index contributed by atoms with van der Waals surface area (Å²) in [6.45, 7) is 8.56. The average molecular weight is 511 g/mol. The molecule has 0 spiro atoms. The van der Waals surface area contributed by atoms with Gasteiger partial charge in [-0.1, -0.05) is 31.7 Å². The summed E-state index contributed by atoms with van der Waals surface area (Å²) in [7, 11) is 1.99. The monoisotopic (exact) mass is 510 g/mol. The number of anilines is 2. The number of aryl methyl sites for hydroxylation is 1. The Bertz CT molecular complexity index is 1500. The first-order valence-electron chi connectivity index (χ1n) is 13.4. The average Bonchev–Trinajstić information content (AvgIpc) is 3.23. The molecule has 2 aromatic heterocycles. The number of rotatable bonds is 5. The number of carbonyl (C=O) groups excluding carboxylic acids is 2. The molecule has 196 valence electrons. The molecule has 2 aliphatic carbocycles. The molecule has 0 unspecified atom stereocenters. The molecular weight excluding hydrogens is 476 g/mol. The van der Waals surface area contributed by atoms with Gasteiger partial charge in [-0.05, 0) is 67.7 Å². The number of nitrogens with zero attached hydrogens (tertiary/aromatic N) is 4. The van der Waals surface area contributed by atoms with E-state index in [9.17, 15) is 9.59 Å². The second-order valence-electron chi connectivity index (χ2n) is 11.1. The van der Waals surface area contributed by atoms with Gasteiger partial charge in [0.25, 0.3) is 5.91 Å². The van der Waals surface area contributed by atoms with Crippen LogP contribution in [0.4, 0.5) is 11.5 Å². The summed E-state index contributed by atoms with van der Waals surface area (Å²) >= 11 is 0. The largest absolute Gasteiger partial charge is 0.383 e. The minimum atomic E-state index is -0.205. The fourth-order valence-electron chi connectivity index (χ4n) is 6.56. The zero-order valence-electron chi connectivity index (χ0n) is 22.2. The number of aromatic nitrogens is 3. The van der Waals surface area contributed by atoms with E-state index in [1.165, 1.54) is 11.9 Å². The number of benzene rings is 1. The van der Waals surface area contributed by atoms with E-state index in [1.54, 1.807) is 6.92 Å². The van der Waals surface area contributed by atoms with E-state index in [1.807, 2.05) is 31.3 Å². The van der Waals surface area contributed by atoms with E-state index < -0.39 is 0 Å². The number of likely N-dealkylation sites (tertiary alicyclic amines) is 1. The van der Waals surface area contributed by atoms with Crippen LogP contribution in [-0.4, -0.2) is 43.8 Å². The van der Waals surface area contributed by atoms with Gasteiger partial charge in [-0.15, -0.1) is 0 Å². The number of hydrogen-bond acceptors (Lipinski definition) is 5. The second kappa shape index (κ2) is 9.11. The zero-order valence-corrected chi connectivity index (χ0v) is 22.2. The maximum Gasteiger partial charge on any atom is 0.250 e. The molecule has 3 N–H and O–H groups in total. The molecule has 2 fully saturated rings. The molecule has 4 atom stereocenters. The fraction of sp³-hybridized carbons (Fsp3) is 0.400. The van der Waals surface area contributed by atoms with E-state index in [4.69, 9.17) is 5.73 Å². The third-order valence-corrected chi connectivity index (χ3v) is 8.74. The lowest BCUT2D eigenvalue weighted by Crippen LogP contribution is -2.37. The summed E-state index contributed by atoms with van der Waals surface area (Å²) in [5, 5.41) is 3.70. The molecule has 1 saturated carbocycles. The van der Waals surface area contributed by atoms with Crippen molar-refractivity contribution in [2.24, 2.45) is 24.8 Å². The first kappa shape index (κ1) is 24.4. The summed E-state index contributed by atoms with van der Waals surface area (Å²) in [6, 6.07) is 8.23. The van der Waals surface area contributed by atoms with Crippen molar-refractivity contribution in [3.63, 3.8) is 0 Å². The van der Waals surface area contributed by atoms with Gasteiger partial charge in [-0.2, -0.15) is 0 Å². The van der Waals surface area contributed by atoms with Crippen molar-refractivity contribution in [1.29, 1.82) is 0 Å². The maximum atomic E-state index is 13.4. The van der Waals surface area contributed by atoms with E-state index in [-0.39, 0.29) is 11.8 Å². The summed E-state index contributed by atoms with van der Waals surface area (Å²) < 4.78 is 2.06. The molecule has 8 nitrogen and oxygen atoms in total. The predicted molar refractivity (Wildman–Crippen MR) is 150 cm³/mol. The van der Waals surface area contributed by atoms with Crippen LogP contribution in [0.2, 0.25) is 0 Å². The Hall–Kier alpha value is -3.94. The Kier molecular flexibility index (Phi) is 5.85. The summed E-state index contributed by atoms with van der Waals surface area (Å²) in [6.07, 6.45) is 7.21. The number of nitrogens with two attached hydrogens (primary N) is 1. The van der Waals surface area contributed by atoms with Crippen molar-refractivity contribution in [1.82, 2.24) is 19.4 Å². The molecule has 1 aromatic carbocycles. The first-order chi connectivity index (χ1) is 18.3. The molecular formula is C30H34N6O2. The number of amides is 2. The van der Waals surface area contributed by atoms with E-state index >= 15 is 0 Å². The molecule has 0 radical (unpaired) electrons. The van der Waals surface area contributed by atoms with E-state index in [2.05, 4.69) is 44.3 Å². The Morgan fingerprint density at radius 1 is 1.16 bits per heavy atom. The minimum Gasteiger partial charge on any atom is -0.383 e. The van der Waals surface area contributed by atoms with Gasteiger partial charge in [0.15, 0.2) is 0 Å². The van der Waals surface area contributed by atoms with Crippen LogP contribution in [-0.2, 0) is 16.6 Å². The SMILES string of the molecule is C=C(C)C(=O)Nc1ccc(-c2c(C3=CC[C@@H](C(=O)N4CC[C@@H]5[C@H](C)[C@@H]54)CC3)c3c(N)ncnc3n2C)cc1. The normalized spacial score (nSPS) is 24.2. The highest BCUT2D eigenvalue weighted by atomic mass is 16.2. The molecule has 1 saturated heterocycles. The molecule has 1 aliphatic heterocycles. The van der Waals surface area contributed by atoms with Gasteiger partial charge in [0.2, 0.25) is 5.91 Å². The van der Waals surface area contributed by atoms with E-state index in [0.29, 0.717) is 34.9 Å². The van der Waals surface area contributed by atoms with Crippen LogP contribution in [0.1, 0.15) is 45.1 Å². The lowest BCUT2D eigenvalue weighted by atomic mass is 9.84.